The first kappa shape index (κ1) is 16.5. The first-order chi connectivity index (χ1) is 11.6. The van der Waals surface area contributed by atoms with E-state index in [9.17, 15) is 4.79 Å². The number of aromatic nitrogens is 4. The molecular formula is C16H23N7O. The minimum atomic E-state index is -0.112. The number of piperazine rings is 1. The second-order valence-electron chi connectivity index (χ2n) is 6.17. The molecule has 2 N–H and O–H groups in total. The highest BCUT2D eigenvalue weighted by Gasteiger charge is 2.24. The van der Waals surface area contributed by atoms with Crippen molar-refractivity contribution >= 4 is 5.91 Å². The van der Waals surface area contributed by atoms with Gasteiger partial charge in [-0.1, -0.05) is 18.2 Å². The molecule has 128 valence electrons. The van der Waals surface area contributed by atoms with Crippen LogP contribution >= 0.6 is 0 Å². The third-order valence-corrected chi connectivity index (χ3v) is 4.46. The van der Waals surface area contributed by atoms with Crippen molar-refractivity contribution in [1.82, 2.24) is 35.7 Å². The molecule has 0 bridgehead atoms. The SMILES string of the molecule is C[C@H](C(=O)NCc1cccc(-c2nn[nH]n2)c1)N1CCN(C)CC1. The van der Waals surface area contributed by atoms with E-state index in [1.165, 1.54) is 0 Å². The molecule has 24 heavy (non-hydrogen) atoms. The molecule has 0 unspecified atom stereocenters. The Morgan fingerprint density at radius 1 is 1.33 bits per heavy atom. The van der Waals surface area contributed by atoms with Gasteiger partial charge in [-0.05, 0) is 30.8 Å². The number of nitrogens with zero attached hydrogens (tertiary/aromatic N) is 5. The molecule has 0 radical (unpaired) electrons. The predicted octanol–water partition coefficient (Wildman–Crippen LogP) is 0.119. The molecule has 1 aliphatic heterocycles. The molecule has 3 rings (SSSR count). The number of amides is 1. The van der Waals surface area contributed by atoms with Gasteiger partial charge in [0.25, 0.3) is 0 Å². The van der Waals surface area contributed by atoms with Crippen molar-refractivity contribution in [2.45, 2.75) is 19.5 Å². The summed E-state index contributed by atoms with van der Waals surface area (Å²) >= 11 is 0. The second kappa shape index (κ2) is 7.50. The maximum absolute atomic E-state index is 12.4. The van der Waals surface area contributed by atoms with Crippen LogP contribution in [0.15, 0.2) is 24.3 Å². The van der Waals surface area contributed by atoms with Crippen LogP contribution in [0.1, 0.15) is 12.5 Å². The van der Waals surface area contributed by atoms with Gasteiger partial charge in [-0.15, -0.1) is 10.2 Å². The summed E-state index contributed by atoms with van der Waals surface area (Å²) in [6.07, 6.45) is 0. The summed E-state index contributed by atoms with van der Waals surface area (Å²) in [5, 5.41) is 17.0. The fraction of sp³-hybridized carbons (Fsp3) is 0.500. The number of nitrogens with one attached hydrogen (secondary N) is 2. The van der Waals surface area contributed by atoms with Gasteiger partial charge >= 0.3 is 0 Å². The number of hydrogen-bond donors (Lipinski definition) is 2. The molecule has 1 aromatic heterocycles. The zero-order valence-corrected chi connectivity index (χ0v) is 14.1. The van der Waals surface area contributed by atoms with Gasteiger partial charge in [0.1, 0.15) is 0 Å². The molecule has 1 amide bonds. The van der Waals surface area contributed by atoms with Crippen LogP contribution in [0, 0.1) is 0 Å². The fourth-order valence-electron chi connectivity index (χ4n) is 2.82. The Morgan fingerprint density at radius 2 is 2.12 bits per heavy atom. The highest BCUT2D eigenvalue weighted by molar-refractivity contribution is 5.81. The molecule has 0 spiro atoms. The van der Waals surface area contributed by atoms with Gasteiger partial charge < -0.3 is 10.2 Å². The van der Waals surface area contributed by atoms with Crippen molar-refractivity contribution in [2.75, 3.05) is 33.2 Å². The Balaban J connectivity index is 1.55. The molecule has 2 heterocycles. The van der Waals surface area contributed by atoms with E-state index in [1.807, 2.05) is 31.2 Å². The van der Waals surface area contributed by atoms with E-state index in [0.29, 0.717) is 12.4 Å². The Morgan fingerprint density at radius 3 is 2.83 bits per heavy atom. The van der Waals surface area contributed by atoms with Gasteiger partial charge in [0.15, 0.2) is 0 Å². The van der Waals surface area contributed by atoms with Crippen LogP contribution in [0.4, 0.5) is 0 Å². The summed E-state index contributed by atoms with van der Waals surface area (Å²) in [5.74, 6) is 0.610. The number of H-pyrrole nitrogens is 1. The number of rotatable bonds is 5. The van der Waals surface area contributed by atoms with Crippen LogP contribution in [0.25, 0.3) is 11.4 Å². The predicted molar refractivity (Wildman–Crippen MR) is 90.0 cm³/mol. The average molecular weight is 329 g/mol. The molecule has 0 aliphatic carbocycles. The van der Waals surface area contributed by atoms with E-state index in [2.05, 4.69) is 42.8 Å². The third-order valence-electron chi connectivity index (χ3n) is 4.46. The molecule has 1 saturated heterocycles. The quantitative estimate of drug-likeness (QED) is 0.810. The van der Waals surface area contributed by atoms with E-state index < -0.39 is 0 Å². The molecule has 2 aromatic rings. The molecule has 1 fully saturated rings. The van der Waals surface area contributed by atoms with E-state index >= 15 is 0 Å². The molecule has 1 atom stereocenters. The minimum Gasteiger partial charge on any atom is -0.351 e. The first-order valence-corrected chi connectivity index (χ1v) is 8.16. The van der Waals surface area contributed by atoms with E-state index in [-0.39, 0.29) is 11.9 Å². The van der Waals surface area contributed by atoms with Gasteiger partial charge in [-0.2, -0.15) is 5.21 Å². The summed E-state index contributed by atoms with van der Waals surface area (Å²) in [6, 6.07) is 7.68. The van der Waals surface area contributed by atoms with Crippen molar-refractivity contribution in [3.05, 3.63) is 29.8 Å². The summed E-state index contributed by atoms with van der Waals surface area (Å²) in [5.41, 5.74) is 1.89. The van der Waals surface area contributed by atoms with Gasteiger partial charge in [-0.25, -0.2) is 0 Å². The second-order valence-corrected chi connectivity index (χ2v) is 6.17. The lowest BCUT2D eigenvalue weighted by Crippen LogP contribution is -2.52. The lowest BCUT2D eigenvalue weighted by Gasteiger charge is -2.35. The maximum Gasteiger partial charge on any atom is 0.237 e. The topological polar surface area (TPSA) is 90.0 Å². The minimum absolute atomic E-state index is 0.0597. The molecule has 1 aliphatic rings. The number of benzene rings is 1. The van der Waals surface area contributed by atoms with Crippen molar-refractivity contribution in [3.63, 3.8) is 0 Å². The van der Waals surface area contributed by atoms with Crippen LogP contribution in [0.3, 0.4) is 0 Å². The van der Waals surface area contributed by atoms with Crippen molar-refractivity contribution < 1.29 is 4.79 Å². The van der Waals surface area contributed by atoms with Gasteiger partial charge in [0, 0.05) is 38.3 Å². The monoisotopic (exact) mass is 329 g/mol. The van der Waals surface area contributed by atoms with E-state index in [0.717, 1.165) is 37.3 Å². The number of hydrogen-bond acceptors (Lipinski definition) is 6. The summed E-state index contributed by atoms with van der Waals surface area (Å²) in [6.45, 7) is 6.32. The lowest BCUT2D eigenvalue weighted by atomic mass is 10.1. The molecular weight excluding hydrogens is 306 g/mol. The van der Waals surface area contributed by atoms with E-state index in [1.54, 1.807) is 0 Å². The number of likely N-dealkylation sites (N-methyl/N-ethyl adjacent to an activating group) is 1. The van der Waals surface area contributed by atoms with Crippen molar-refractivity contribution in [2.24, 2.45) is 0 Å². The Labute approximate surface area is 141 Å². The maximum atomic E-state index is 12.4. The molecule has 8 heteroatoms. The summed E-state index contributed by atoms with van der Waals surface area (Å²) in [4.78, 5) is 16.9. The van der Waals surface area contributed by atoms with Crippen LogP contribution in [0.5, 0.6) is 0 Å². The standard InChI is InChI=1S/C16H23N7O/c1-12(23-8-6-22(2)7-9-23)16(24)17-11-13-4-3-5-14(10-13)15-18-20-21-19-15/h3-5,10,12H,6-9,11H2,1-2H3,(H,17,24)(H,18,19,20,21)/t12-/m1/s1. The Hall–Kier alpha value is -2.32. The zero-order valence-electron chi connectivity index (χ0n) is 14.1. The highest BCUT2D eigenvalue weighted by Crippen LogP contribution is 2.15. The summed E-state index contributed by atoms with van der Waals surface area (Å²) < 4.78 is 0. The molecule has 8 nitrogen and oxygen atoms in total. The Kier molecular flexibility index (Phi) is 5.17. The largest absolute Gasteiger partial charge is 0.351 e. The summed E-state index contributed by atoms with van der Waals surface area (Å²) in [7, 11) is 2.11. The van der Waals surface area contributed by atoms with Crippen molar-refractivity contribution in [3.8, 4) is 11.4 Å². The zero-order chi connectivity index (χ0) is 16.9. The number of carbonyl (C=O) groups excluding carboxylic acids is 1. The van der Waals surface area contributed by atoms with Gasteiger partial charge in [0.2, 0.25) is 11.7 Å². The first-order valence-electron chi connectivity index (χ1n) is 8.16. The fourth-order valence-corrected chi connectivity index (χ4v) is 2.82. The number of aromatic amines is 1. The normalized spacial score (nSPS) is 17.6. The molecule has 0 saturated carbocycles. The average Bonchev–Trinajstić information content (AvgIpc) is 3.15. The number of tetrazole rings is 1. The van der Waals surface area contributed by atoms with Crippen LogP contribution in [-0.4, -0.2) is 75.6 Å². The van der Waals surface area contributed by atoms with Crippen LogP contribution in [0.2, 0.25) is 0 Å². The smallest absolute Gasteiger partial charge is 0.237 e. The van der Waals surface area contributed by atoms with Crippen LogP contribution in [-0.2, 0) is 11.3 Å². The lowest BCUT2D eigenvalue weighted by molar-refractivity contribution is -0.126. The Bertz CT molecular complexity index is 665. The van der Waals surface area contributed by atoms with Gasteiger partial charge in [-0.3, -0.25) is 9.69 Å². The molecule has 1 aromatic carbocycles. The third kappa shape index (κ3) is 3.95. The van der Waals surface area contributed by atoms with Crippen molar-refractivity contribution in [1.29, 1.82) is 0 Å². The van der Waals surface area contributed by atoms with Gasteiger partial charge in [0.05, 0.1) is 6.04 Å². The van der Waals surface area contributed by atoms with E-state index in [4.69, 9.17) is 0 Å². The van der Waals surface area contributed by atoms with Crippen LogP contribution < -0.4 is 5.32 Å². The highest BCUT2D eigenvalue weighted by atomic mass is 16.2. The number of carbonyl (C=O) groups is 1.